The van der Waals surface area contributed by atoms with E-state index >= 15 is 0 Å². The first-order chi connectivity index (χ1) is 11.0. The molecule has 0 saturated carbocycles. The number of hydrogen-bond acceptors (Lipinski definition) is 2. The summed E-state index contributed by atoms with van der Waals surface area (Å²) in [7, 11) is 0. The zero-order valence-corrected chi connectivity index (χ0v) is 15.3. The first-order valence-electron chi connectivity index (χ1n) is 8.31. The van der Waals surface area contributed by atoms with Gasteiger partial charge in [0.15, 0.2) is 0 Å². The summed E-state index contributed by atoms with van der Waals surface area (Å²) in [5.74, 6) is 0.368. The Kier molecular flexibility index (Phi) is 8.75. The number of rotatable bonds is 6. The summed E-state index contributed by atoms with van der Waals surface area (Å²) in [5, 5.41) is 13.8. The number of halogens is 1. The molecule has 0 heterocycles. The van der Waals surface area contributed by atoms with Crippen molar-refractivity contribution in [2.75, 3.05) is 0 Å². The summed E-state index contributed by atoms with van der Waals surface area (Å²) >= 11 is 5.88. The molecule has 0 bridgehead atoms. The van der Waals surface area contributed by atoms with Gasteiger partial charge in [0.05, 0.1) is 0 Å². The lowest BCUT2D eigenvalue weighted by Crippen LogP contribution is -2.25. The number of benzene rings is 2. The summed E-state index contributed by atoms with van der Waals surface area (Å²) in [5.41, 5.74) is 3.45. The molecule has 0 radical (unpaired) electrons. The van der Waals surface area contributed by atoms with Crippen LogP contribution in [0.15, 0.2) is 42.5 Å². The maximum absolute atomic E-state index is 9.53. The lowest BCUT2D eigenvalue weighted by Gasteiger charge is -2.14. The fourth-order valence-electron chi connectivity index (χ4n) is 2.25. The summed E-state index contributed by atoms with van der Waals surface area (Å²) < 4.78 is 0. The van der Waals surface area contributed by atoms with Crippen LogP contribution in [-0.2, 0) is 13.0 Å². The van der Waals surface area contributed by atoms with Crippen molar-refractivity contribution in [2.24, 2.45) is 0 Å². The number of phenolic OH excluding ortho intramolecular Hbond substituents is 1. The number of nitrogens with one attached hydrogen (secondary N) is 1. The Morgan fingerprint density at radius 1 is 1.04 bits per heavy atom. The van der Waals surface area contributed by atoms with E-state index in [1.807, 2.05) is 51.1 Å². The zero-order chi connectivity index (χ0) is 17.2. The minimum Gasteiger partial charge on any atom is -0.508 e. The lowest BCUT2D eigenvalue weighted by atomic mass is 10.0. The quantitative estimate of drug-likeness (QED) is 0.732. The van der Waals surface area contributed by atoms with E-state index in [1.54, 1.807) is 6.07 Å². The highest BCUT2D eigenvalue weighted by atomic mass is 35.5. The van der Waals surface area contributed by atoms with E-state index in [0.29, 0.717) is 11.8 Å². The molecule has 126 valence electrons. The highest BCUT2D eigenvalue weighted by Crippen LogP contribution is 2.18. The summed E-state index contributed by atoms with van der Waals surface area (Å²) in [4.78, 5) is 0. The maximum Gasteiger partial charge on any atom is 0.118 e. The molecule has 0 aliphatic rings. The van der Waals surface area contributed by atoms with Crippen molar-refractivity contribution in [1.29, 1.82) is 0 Å². The predicted molar refractivity (Wildman–Crippen MR) is 100 cm³/mol. The van der Waals surface area contributed by atoms with Crippen LogP contribution in [0, 0.1) is 6.92 Å². The third-order valence-electron chi connectivity index (χ3n) is 3.70. The monoisotopic (exact) mass is 333 g/mol. The van der Waals surface area contributed by atoms with Crippen LogP contribution >= 0.6 is 11.6 Å². The molecular weight excluding hydrogens is 306 g/mol. The molecule has 0 spiro atoms. The molecule has 1 unspecified atom stereocenters. The van der Waals surface area contributed by atoms with Gasteiger partial charge in [-0.2, -0.15) is 0 Å². The van der Waals surface area contributed by atoms with Gasteiger partial charge in [-0.1, -0.05) is 49.7 Å². The van der Waals surface area contributed by atoms with Crippen molar-refractivity contribution >= 4 is 11.6 Å². The third-order valence-corrected chi connectivity index (χ3v) is 3.95. The van der Waals surface area contributed by atoms with Gasteiger partial charge in [-0.05, 0) is 61.6 Å². The molecular formula is C20H28ClNO. The fourth-order valence-corrected chi connectivity index (χ4v) is 2.38. The van der Waals surface area contributed by atoms with E-state index in [9.17, 15) is 5.11 Å². The van der Waals surface area contributed by atoms with Gasteiger partial charge in [0.2, 0.25) is 0 Å². The predicted octanol–water partition coefficient (Wildman–Crippen LogP) is 5.49. The van der Waals surface area contributed by atoms with Crippen LogP contribution in [-0.4, -0.2) is 11.1 Å². The van der Waals surface area contributed by atoms with Crippen molar-refractivity contribution in [3.05, 3.63) is 64.2 Å². The van der Waals surface area contributed by atoms with E-state index in [4.69, 9.17) is 11.6 Å². The molecule has 0 aliphatic heterocycles. The fraction of sp³-hybridized carbons (Fsp3) is 0.400. The van der Waals surface area contributed by atoms with Gasteiger partial charge in [-0.25, -0.2) is 0 Å². The van der Waals surface area contributed by atoms with Crippen LogP contribution in [0.1, 0.15) is 43.9 Å². The topological polar surface area (TPSA) is 32.3 Å². The molecule has 2 aromatic carbocycles. The lowest BCUT2D eigenvalue weighted by molar-refractivity contribution is 0.470. The van der Waals surface area contributed by atoms with Crippen LogP contribution in [0.2, 0.25) is 5.02 Å². The Hall–Kier alpha value is -1.51. The molecule has 2 nitrogen and oxygen atoms in total. The minimum absolute atomic E-state index is 0.368. The van der Waals surface area contributed by atoms with Crippen LogP contribution in [0.25, 0.3) is 0 Å². The first-order valence-corrected chi connectivity index (χ1v) is 8.68. The number of hydrogen-bond donors (Lipinski definition) is 2. The van der Waals surface area contributed by atoms with E-state index in [2.05, 4.69) is 18.3 Å². The van der Waals surface area contributed by atoms with Crippen molar-refractivity contribution < 1.29 is 5.11 Å². The summed E-state index contributed by atoms with van der Waals surface area (Å²) in [6.07, 6.45) is 2.08. The number of phenols is 1. The van der Waals surface area contributed by atoms with E-state index < -0.39 is 0 Å². The van der Waals surface area contributed by atoms with Crippen LogP contribution in [0.3, 0.4) is 0 Å². The van der Waals surface area contributed by atoms with E-state index in [1.165, 1.54) is 11.1 Å². The molecule has 3 heteroatoms. The van der Waals surface area contributed by atoms with Crippen molar-refractivity contribution in [3.8, 4) is 5.75 Å². The van der Waals surface area contributed by atoms with Gasteiger partial charge < -0.3 is 10.4 Å². The van der Waals surface area contributed by atoms with Crippen LogP contribution in [0.4, 0.5) is 0 Å². The minimum atomic E-state index is 0.368. The third kappa shape index (κ3) is 7.06. The van der Waals surface area contributed by atoms with Gasteiger partial charge >= 0.3 is 0 Å². The molecule has 2 N–H and O–H groups in total. The zero-order valence-electron chi connectivity index (χ0n) is 14.6. The average Bonchev–Trinajstić information content (AvgIpc) is 2.57. The smallest absolute Gasteiger partial charge is 0.118 e. The van der Waals surface area contributed by atoms with Gasteiger partial charge in [0.25, 0.3) is 0 Å². The Morgan fingerprint density at radius 2 is 1.65 bits per heavy atom. The second kappa shape index (κ2) is 10.3. The molecule has 1 atom stereocenters. The standard InChI is InChI=1S/C18H22ClNO.C2H6/c1-13-11-15(7-10-18(13)21)4-3-14(2)20-12-16-5-8-17(19)9-6-16;1-2/h5-11,14,20-21H,3-4,12H2,1-2H3;1-2H3. The average molecular weight is 334 g/mol. The van der Waals surface area contributed by atoms with Gasteiger partial charge in [-0.15, -0.1) is 0 Å². The maximum atomic E-state index is 9.53. The molecule has 0 amide bonds. The highest BCUT2D eigenvalue weighted by Gasteiger charge is 2.04. The van der Waals surface area contributed by atoms with Gasteiger partial charge in [0.1, 0.15) is 5.75 Å². The Balaban J connectivity index is 0.00000127. The summed E-state index contributed by atoms with van der Waals surface area (Å²) in [6.45, 7) is 8.98. The van der Waals surface area contributed by atoms with Crippen molar-refractivity contribution in [1.82, 2.24) is 5.32 Å². The number of aromatic hydroxyl groups is 1. The van der Waals surface area contributed by atoms with Crippen molar-refractivity contribution in [2.45, 2.75) is 53.1 Å². The second-order valence-electron chi connectivity index (χ2n) is 5.57. The molecule has 0 aromatic heterocycles. The molecule has 0 aliphatic carbocycles. The SMILES string of the molecule is CC.Cc1cc(CCC(C)NCc2ccc(Cl)cc2)ccc1O. The second-order valence-corrected chi connectivity index (χ2v) is 6.00. The normalized spacial score (nSPS) is 11.5. The summed E-state index contributed by atoms with van der Waals surface area (Å²) in [6, 6.07) is 14.2. The van der Waals surface area contributed by atoms with E-state index in [0.717, 1.165) is 30.0 Å². The Bertz CT molecular complexity index is 581. The van der Waals surface area contributed by atoms with Crippen molar-refractivity contribution in [3.63, 3.8) is 0 Å². The number of aryl methyl sites for hydroxylation is 2. The largest absolute Gasteiger partial charge is 0.508 e. The van der Waals surface area contributed by atoms with Gasteiger partial charge in [-0.3, -0.25) is 0 Å². The van der Waals surface area contributed by atoms with Gasteiger partial charge in [0, 0.05) is 17.6 Å². The molecule has 2 rings (SSSR count). The molecule has 23 heavy (non-hydrogen) atoms. The highest BCUT2D eigenvalue weighted by molar-refractivity contribution is 6.30. The Labute approximate surface area is 145 Å². The molecule has 0 fully saturated rings. The van der Waals surface area contributed by atoms with Crippen LogP contribution < -0.4 is 5.32 Å². The Morgan fingerprint density at radius 3 is 2.26 bits per heavy atom. The molecule has 2 aromatic rings. The van der Waals surface area contributed by atoms with Crippen LogP contribution in [0.5, 0.6) is 5.75 Å². The first kappa shape index (κ1) is 19.5. The molecule has 0 saturated heterocycles. The van der Waals surface area contributed by atoms with E-state index in [-0.39, 0.29) is 0 Å².